The summed E-state index contributed by atoms with van der Waals surface area (Å²) in [5.41, 5.74) is 3.37. The van der Waals surface area contributed by atoms with E-state index in [1.165, 1.54) is 41.4 Å². The molecule has 1 aliphatic carbocycles. The Morgan fingerprint density at radius 3 is 2.37 bits per heavy atom. The highest BCUT2D eigenvalue weighted by molar-refractivity contribution is 6.08. The minimum Gasteiger partial charge on any atom is -0.481 e. The zero-order chi connectivity index (χ0) is 24.4. The number of amides is 1. The first kappa shape index (κ1) is 22.9. The van der Waals surface area contributed by atoms with Crippen molar-refractivity contribution in [1.29, 1.82) is 0 Å². The van der Waals surface area contributed by atoms with Crippen LogP contribution in [0.1, 0.15) is 36.4 Å². The van der Waals surface area contributed by atoms with Crippen molar-refractivity contribution < 1.29 is 22.7 Å². The van der Waals surface area contributed by atoms with Crippen molar-refractivity contribution in [3.63, 3.8) is 0 Å². The number of hydrogen-bond acceptors (Lipinski definition) is 3. The number of nitrogens with zero attached hydrogens (tertiary/aromatic N) is 2. The van der Waals surface area contributed by atoms with E-state index in [0.717, 1.165) is 41.7 Å². The fourth-order valence-electron chi connectivity index (χ4n) is 4.73. The Kier molecular flexibility index (Phi) is 6.40. The molecule has 7 heteroatoms. The average molecular weight is 476 g/mol. The number of hydrazone groups is 1. The Balaban J connectivity index is 1.47. The molecule has 1 saturated carbocycles. The molecule has 2 aliphatic rings. The molecule has 0 N–H and O–H groups in total. The molecular weight excluding hydrogens is 453 g/mol. The van der Waals surface area contributed by atoms with Gasteiger partial charge in [0.25, 0.3) is 5.91 Å². The maximum Gasteiger partial charge on any atom is 0.281 e. The molecular formula is C28H23F3N2O2. The van der Waals surface area contributed by atoms with Crippen LogP contribution in [-0.4, -0.2) is 23.2 Å². The van der Waals surface area contributed by atoms with E-state index >= 15 is 0 Å². The average Bonchev–Trinajstić information content (AvgIpc) is 3.26. The lowest BCUT2D eigenvalue weighted by atomic mass is 9.77. The van der Waals surface area contributed by atoms with Gasteiger partial charge in [-0.3, -0.25) is 4.79 Å². The lowest BCUT2D eigenvalue weighted by Gasteiger charge is -2.29. The van der Waals surface area contributed by atoms with Crippen molar-refractivity contribution in [3.05, 3.63) is 107 Å². The van der Waals surface area contributed by atoms with E-state index in [2.05, 4.69) is 0 Å². The molecule has 1 fully saturated rings. The summed E-state index contributed by atoms with van der Waals surface area (Å²) < 4.78 is 46.4. The Bertz CT molecular complexity index is 1290. The molecule has 1 aliphatic heterocycles. The summed E-state index contributed by atoms with van der Waals surface area (Å²) in [5, 5.41) is 6.10. The lowest BCUT2D eigenvalue weighted by molar-refractivity contribution is -0.135. The Hall–Kier alpha value is -3.87. The molecule has 1 heterocycles. The number of fused-ring (bicyclic) bond motifs is 1. The first-order valence-electron chi connectivity index (χ1n) is 11.5. The molecule has 0 bridgehead atoms. The highest BCUT2D eigenvalue weighted by Gasteiger charge is 2.43. The molecule has 0 saturated heterocycles. The van der Waals surface area contributed by atoms with E-state index in [1.54, 1.807) is 36.4 Å². The number of para-hydroxylation sites is 1. The number of ether oxygens (including phenoxy) is 1. The topological polar surface area (TPSA) is 41.9 Å². The number of benzene rings is 3. The third-order valence-corrected chi connectivity index (χ3v) is 6.37. The van der Waals surface area contributed by atoms with Gasteiger partial charge in [-0.2, -0.15) is 5.10 Å². The zero-order valence-corrected chi connectivity index (χ0v) is 18.8. The predicted molar refractivity (Wildman–Crippen MR) is 127 cm³/mol. The highest BCUT2D eigenvalue weighted by atomic mass is 19.1. The zero-order valence-electron chi connectivity index (χ0n) is 18.8. The summed E-state index contributed by atoms with van der Waals surface area (Å²) in [6.07, 6.45) is 4.44. The molecule has 3 aromatic carbocycles. The number of carbonyl (C=O) groups is 1. The summed E-state index contributed by atoms with van der Waals surface area (Å²) in [5.74, 6) is -1.75. The van der Waals surface area contributed by atoms with Crippen molar-refractivity contribution >= 4 is 17.7 Å². The predicted octanol–water partition coefficient (Wildman–Crippen LogP) is 6.31. The molecule has 0 aromatic heterocycles. The summed E-state index contributed by atoms with van der Waals surface area (Å²) >= 11 is 0. The van der Waals surface area contributed by atoms with Crippen LogP contribution in [0.15, 0.2) is 83.5 Å². The molecule has 1 amide bonds. The van der Waals surface area contributed by atoms with Crippen LogP contribution < -0.4 is 4.74 Å². The normalized spacial score (nSPS) is 20.5. The molecule has 3 aromatic rings. The van der Waals surface area contributed by atoms with Gasteiger partial charge in [-0.25, -0.2) is 18.2 Å². The number of rotatable bonds is 5. The van der Waals surface area contributed by atoms with Crippen molar-refractivity contribution in [1.82, 2.24) is 5.01 Å². The van der Waals surface area contributed by atoms with Crippen LogP contribution in [0.2, 0.25) is 0 Å². The number of allylic oxidation sites excluding steroid dienone is 1. The Morgan fingerprint density at radius 2 is 1.66 bits per heavy atom. The second-order valence-corrected chi connectivity index (χ2v) is 8.66. The highest BCUT2D eigenvalue weighted by Crippen LogP contribution is 2.44. The van der Waals surface area contributed by atoms with Crippen LogP contribution in [0, 0.1) is 23.4 Å². The van der Waals surface area contributed by atoms with Crippen LogP contribution in [0.5, 0.6) is 5.75 Å². The number of hydrogen-bond donors (Lipinski definition) is 0. The van der Waals surface area contributed by atoms with Crippen LogP contribution in [-0.2, 0) is 4.79 Å². The fourth-order valence-corrected chi connectivity index (χ4v) is 4.73. The van der Waals surface area contributed by atoms with Gasteiger partial charge in [-0.05, 0) is 78.4 Å². The molecule has 0 radical (unpaired) electrons. The first-order chi connectivity index (χ1) is 17.0. The smallest absolute Gasteiger partial charge is 0.281 e. The van der Waals surface area contributed by atoms with Gasteiger partial charge in [0.15, 0.2) is 18.2 Å². The first-order valence-corrected chi connectivity index (χ1v) is 11.5. The summed E-state index contributed by atoms with van der Waals surface area (Å²) in [6, 6.07) is 17.7. The number of halogens is 3. The van der Waals surface area contributed by atoms with E-state index in [-0.39, 0.29) is 29.9 Å². The van der Waals surface area contributed by atoms with Crippen molar-refractivity contribution in [2.45, 2.75) is 25.3 Å². The van der Waals surface area contributed by atoms with Gasteiger partial charge in [0.1, 0.15) is 11.6 Å². The van der Waals surface area contributed by atoms with Crippen LogP contribution >= 0.6 is 0 Å². The lowest BCUT2D eigenvalue weighted by Crippen LogP contribution is -2.34. The van der Waals surface area contributed by atoms with Crippen molar-refractivity contribution in [2.75, 3.05) is 6.61 Å². The third kappa shape index (κ3) is 4.85. The second kappa shape index (κ2) is 9.78. The van der Waals surface area contributed by atoms with Gasteiger partial charge in [-0.15, -0.1) is 0 Å². The molecule has 0 spiro atoms. The third-order valence-electron chi connectivity index (χ3n) is 6.37. The van der Waals surface area contributed by atoms with Crippen LogP contribution in [0.4, 0.5) is 13.2 Å². The Morgan fingerprint density at radius 1 is 0.971 bits per heavy atom. The monoisotopic (exact) mass is 476 g/mol. The minimum absolute atomic E-state index is 0.0136. The maximum absolute atomic E-state index is 14.0. The van der Waals surface area contributed by atoms with Crippen molar-refractivity contribution in [2.24, 2.45) is 11.0 Å². The maximum atomic E-state index is 14.0. The van der Waals surface area contributed by atoms with E-state index in [1.807, 2.05) is 6.08 Å². The molecule has 35 heavy (non-hydrogen) atoms. The second-order valence-electron chi connectivity index (χ2n) is 8.66. The molecule has 4 nitrogen and oxygen atoms in total. The quantitative estimate of drug-likeness (QED) is 0.433. The van der Waals surface area contributed by atoms with Crippen LogP contribution in [0.25, 0.3) is 6.08 Å². The van der Waals surface area contributed by atoms with Gasteiger partial charge < -0.3 is 4.74 Å². The van der Waals surface area contributed by atoms with Gasteiger partial charge in [0.05, 0.1) is 11.8 Å². The van der Waals surface area contributed by atoms with Gasteiger partial charge in [-0.1, -0.05) is 36.4 Å². The SMILES string of the molecule is O=C(COc1ccccc1F)N1N=C2/C(=C\c3ccc(F)cc3)CCC[C@@H]2[C@H]1c1ccc(F)cc1. The van der Waals surface area contributed by atoms with E-state index in [4.69, 9.17) is 9.84 Å². The van der Waals surface area contributed by atoms with Crippen molar-refractivity contribution in [3.8, 4) is 5.75 Å². The fraction of sp³-hybridized carbons (Fsp3) is 0.214. The molecule has 5 rings (SSSR count). The van der Waals surface area contributed by atoms with Gasteiger partial charge >= 0.3 is 0 Å². The van der Waals surface area contributed by atoms with E-state index in [0.29, 0.717) is 0 Å². The van der Waals surface area contributed by atoms with E-state index < -0.39 is 17.8 Å². The van der Waals surface area contributed by atoms with Gasteiger partial charge in [0, 0.05) is 5.92 Å². The summed E-state index contributed by atoms with van der Waals surface area (Å²) in [6.45, 7) is -0.390. The molecule has 178 valence electrons. The standard InChI is InChI=1S/C28H23F3N2O2/c29-21-12-8-18(9-13-21)16-20-4-3-5-23-27(20)32-33(28(23)19-10-14-22(30)15-11-19)26(34)17-35-25-7-2-1-6-24(25)31/h1-2,6-16,23,28H,3-5,17H2/b20-16-/t23-,28+/m0/s1. The minimum atomic E-state index is -0.554. The van der Waals surface area contributed by atoms with Crippen LogP contribution in [0.3, 0.4) is 0 Å². The number of carbonyl (C=O) groups excluding carboxylic acids is 1. The summed E-state index contributed by atoms with van der Waals surface area (Å²) in [4.78, 5) is 13.3. The van der Waals surface area contributed by atoms with Gasteiger partial charge in [0.2, 0.25) is 0 Å². The molecule has 0 unspecified atom stereocenters. The largest absolute Gasteiger partial charge is 0.481 e. The van der Waals surface area contributed by atoms with E-state index in [9.17, 15) is 18.0 Å². The summed E-state index contributed by atoms with van der Waals surface area (Å²) in [7, 11) is 0. The Labute approximate surface area is 201 Å². The molecule has 2 atom stereocenters.